The zero-order valence-corrected chi connectivity index (χ0v) is 9.26. The second kappa shape index (κ2) is 6.56. The van der Waals surface area contributed by atoms with Crippen molar-refractivity contribution in [3.8, 4) is 0 Å². The number of pyridine rings is 1. The summed E-state index contributed by atoms with van der Waals surface area (Å²) >= 11 is 0. The van der Waals surface area contributed by atoms with Gasteiger partial charge in [-0.1, -0.05) is 31.2 Å². The van der Waals surface area contributed by atoms with Crippen LogP contribution in [0.2, 0.25) is 0 Å². The van der Waals surface area contributed by atoms with Crippen molar-refractivity contribution in [1.82, 2.24) is 4.98 Å². The molecule has 3 heteroatoms. The molecule has 0 amide bonds. The molecule has 84 valence electrons. The van der Waals surface area contributed by atoms with Gasteiger partial charge >= 0.3 is 5.97 Å². The van der Waals surface area contributed by atoms with E-state index >= 15 is 0 Å². The van der Waals surface area contributed by atoms with Crippen molar-refractivity contribution in [3.63, 3.8) is 0 Å². The molecule has 0 unspecified atom stereocenters. The molecule has 0 saturated carbocycles. The van der Waals surface area contributed by atoms with Gasteiger partial charge in [-0.2, -0.15) is 0 Å². The van der Waals surface area contributed by atoms with Crippen LogP contribution < -0.4 is 0 Å². The third-order valence-electron chi connectivity index (χ3n) is 1.98. The molecule has 1 N–H and O–H groups in total. The highest BCUT2D eigenvalue weighted by Gasteiger charge is 1.87. The monoisotopic (exact) mass is 217 g/mol. The van der Waals surface area contributed by atoms with Gasteiger partial charge in [-0.15, -0.1) is 0 Å². The Hall–Kier alpha value is -1.90. The van der Waals surface area contributed by atoms with E-state index in [1.807, 2.05) is 37.4 Å². The average Bonchev–Trinajstić information content (AvgIpc) is 2.30. The molecular weight excluding hydrogens is 202 g/mol. The van der Waals surface area contributed by atoms with Crippen LogP contribution in [0.1, 0.15) is 19.8 Å². The van der Waals surface area contributed by atoms with E-state index in [1.165, 1.54) is 5.39 Å². The van der Waals surface area contributed by atoms with Crippen LogP contribution in [0.25, 0.3) is 10.9 Å². The van der Waals surface area contributed by atoms with Crippen LogP contribution in [0.15, 0.2) is 42.6 Å². The zero-order valence-electron chi connectivity index (χ0n) is 9.26. The van der Waals surface area contributed by atoms with Gasteiger partial charge in [0, 0.05) is 18.0 Å². The molecule has 1 aromatic heterocycles. The van der Waals surface area contributed by atoms with E-state index < -0.39 is 5.97 Å². The van der Waals surface area contributed by atoms with E-state index in [0.29, 0.717) is 6.42 Å². The van der Waals surface area contributed by atoms with Gasteiger partial charge in [-0.3, -0.25) is 9.78 Å². The zero-order chi connectivity index (χ0) is 11.8. The average molecular weight is 217 g/mol. The minimum atomic E-state index is -0.711. The van der Waals surface area contributed by atoms with E-state index in [2.05, 4.69) is 17.1 Å². The number of hydrogen-bond donors (Lipinski definition) is 1. The van der Waals surface area contributed by atoms with Crippen LogP contribution >= 0.6 is 0 Å². The summed E-state index contributed by atoms with van der Waals surface area (Å²) in [4.78, 5) is 13.8. The molecule has 0 bridgehead atoms. The molecule has 0 radical (unpaired) electrons. The van der Waals surface area contributed by atoms with Crippen LogP contribution in [0, 0.1) is 0 Å². The number of carboxylic acid groups (broad SMARTS) is 1. The Morgan fingerprint density at radius 2 is 1.94 bits per heavy atom. The van der Waals surface area contributed by atoms with E-state index in [1.54, 1.807) is 0 Å². The van der Waals surface area contributed by atoms with Crippen molar-refractivity contribution in [3.05, 3.63) is 42.6 Å². The first-order chi connectivity index (χ1) is 7.74. The van der Waals surface area contributed by atoms with Gasteiger partial charge in [0.2, 0.25) is 0 Å². The third-order valence-corrected chi connectivity index (χ3v) is 1.98. The quantitative estimate of drug-likeness (QED) is 0.840. The van der Waals surface area contributed by atoms with Gasteiger partial charge in [0.25, 0.3) is 0 Å². The number of benzene rings is 1. The van der Waals surface area contributed by atoms with Gasteiger partial charge in [0.1, 0.15) is 0 Å². The molecule has 0 aliphatic rings. The lowest BCUT2D eigenvalue weighted by atomic mass is 10.2. The number of aliphatic carboxylic acids is 1. The largest absolute Gasteiger partial charge is 0.481 e. The van der Waals surface area contributed by atoms with Crippen LogP contribution in [-0.4, -0.2) is 16.1 Å². The van der Waals surface area contributed by atoms with Gasteiger partial charge in [0.15, 0.2) is 0 Å². The molecular formula is C13H15NO2. The summed E-state index contributed by atoms with van der Waals surface area (Å²) in [5.74, 6) is -0.711. The van der Waals surface area contributed by atoms with Gasteiger partial charge in [-0.05, 0) is 18.6 Å². The number of fused-ring (bicyclic) bond motifs is 1. The lowest BCUT2D eigenvalue weighted by Gasteiger charge is -1.91. The van der Waals surface area contributed by atoms with E-state index in [4.69, 9.17) is 5.11 Å². The number of para-hydroxylation sites is 1. The number of carboxylic acids is 1. The topological polar surface area (TPSA) is 50.2 Å². The van der Waals surface area contributed by atoms with Crippen molar-refractivity contribution < 1.29 is 9.90 Å². The van der Waals surface area contributed by atoms with Crippen LogP contribution in [0.5, 0.6) is 0 Å². The number of hydrogen-bond acceptors (Lipinski definition) is 2. The fraction of sp³-hybridized carbons (Fsp3) is 0.231. The molecule has 16 heavy (non-hydrogen) atoms. The lowest BCUT2D eigenvalue weighted by molar-refractivity contribution is -0.137. The fourth-order valence-electron chi connectivity index (χ4n) is 1.23. The molecule has 1 heterocycles. The van der Waals surface area contributed by atoms with Gasteiger partial charge in [-0.25, -0.2) is 0 Å². The molecule has 2 aromatic rings. The maximum Gasteiger partial charge on any atom is 0.303 e. The molecule has 0 saturated heterocycles. The lowest BCUT2D eigenvalue weighted by Crippen LogP contribution is -1.90. The standard InChI is InChI=1S/C9H7N.C4H8O2/c1-2-6-9-8(4-1)5-3-7-10-9;1-2-3-4(5)6/h1-7H;2-3H2,1H3,(H,5,6). The first-order valence-corrected chi connectivity index (χ1v) is 5.25. The second-order valence-electron chi connectivity index (χ2n) is 3.34. The van der Waals surface area contributed by atoms with Crippen molar-refractivity contribution >= 4 is 16.9 Å². The van der Waals surface area contributed by atoms with E-state index in [9.17, 15) is 4.79 Å². The molecule has 2 rings (SSSR count). The highest BCUT2D eigenvalue weighted by atomic mass is 16.4. The summed E-state index contributed by atoms with van der Waals surface area (Å²) in [6.07, 6.45) is 2.83. The molecule has 3 nitrogen and oxygen atoms in total. The Labute approximate surface area is 94.8 Å². The number of rotatable bonds is 2. The number of aromatic nitrogens is 1. The van der Waals surface area contributed by atoms with Crippen LogP contribution in [-0.2, 0) is 4.79 Å². The number of carbonyl (C=O) groups is 1. The predicted octanol–water partition coefficient (Wildman–Crippen LogP) is 3.11. The first kappa shape index (κ1) is 12.2. The second-order valence-corrected chi connectivity index (χ2v) is 3.34. The summed E-state index contributed by atoms with van der Waals surface area (Å²) in [6, 6.07) is 12.1. The highest BCUT2D eigenvalue weighted by Crippen LogP contribution is 2.07. The highest BCUT2D eigenvalue weighted by molar-refractivity contribution is 5.77. The smallest absolute Gasteiger partial charge is 0.303 e. The fourth-order valence-corrected chi connectivity index (χ4v) is 1.23. The Morgan fingerprint density at radius 3 is 2.50 bits per heavy atom. The molecule has 0 aliphatic carbocycles. The molecule has 0 atom stereocenters. The van der Waals surface area contributed by atoms with Gasteiger partial charge in [0.05, 0.1) is 5.52 Å². The molecule has 0 fully saturated rings. The third kappa shape index (κ3) is 4.09. The summed E-state index contributed by atoms with van der Waals surface area (Å²) in [5.41, 5.74) is 1.06. The molecule has 0 aliphatic heterocycles. The van der Waals surface area contributed by atoms with Crippen LogP contribution in [0.4, 0.5) is 0 Å². The summed E-state index contributed by atoms with van der Waals surface area (Å²) in [5, 5.41) is 9.11. The van der Waals surface area contributed by atoms with E-state index in [0.717, 1.165) is 11.9 Å². The van der Waals surface area contributed by atoms with Crippen molar-refractivity contribution in [2.75, 3.05) is 0 Å². The molecule has 1 aromatic carbocycles. The summed E-state index contributed by atoms with van der Waals surface area (Å²) in [6.45, 7) is 1.84. The minimum Gasteiger partial charge on any atom is -0.481 e. The van der Waals surface area contributed by atoms with E-state index in [-0.39, 0.29) is 0 Å². The maximum atomic E-state index is 9.60. The van der Waals surface area contributed by atoms with Crippen molar-refractivity contribution in [2.24, 2.45) is 0 Å². The van der Waals surface area contributed by atoms with Gasteiger partial charge < -0.3 is 5.11 Å². The summed E-state index contributed by atoms with van der Waals surface area (Å²) < 4.78 is 0. The SMILES string of the molecule is CCCC(=O)O.c1ccc2ncccc2c1. The predicted molar refractivity (Wildman–Crippen MR) is 64.3 cm³/mol. The maximum absolute atomic E-state index is 9.60. The molecule has 0 spiro atoms. The van der Waals surface area contributed by atoms with Crippen molar-refractivity contribution in [1.29, 1.82) is 0 Å². The normalized spacial score (nSPS) is 9.31. The Kier molecular flexibility index (Phi) is 4.99. The number of nitrogens with zero attached hydrogens (tertiary/aromatic N) is 1. The summed E-state index contributed by atoms with van der Waals surface area (Å²) in [7, 11) is 0. The van der Waals surface area contributed by atoms with Crippen LogP contribution in [0.3, 0.4) is 0 Å². The Morgan fingerprint density at radius 1 is 1.25 bits per heavy atom. The Balaban J connectivity index is 0.000000187. The Bertz CT molecular complexity index is 389. The first-order valence-electron chi connectivity index (χ1n) is 5.25. The minimum absolute atomic E-state index is 0.292. The van der Waals surface area contributed by atoms with Crippen molar-refractivity contribution in [2.45, 2.75) is 19.8 Å².